The van der Waals surface area contributed by atoms with E-state index in [9.17, 15) is 24.3 Å². The van der Waals surface area contributed by atoms with E-state index >= 15 is 0 Å². The average molecular weight is 448 g/mol. The molecule has 0 aromatic carbocycles. The van der Waals surface area contributed by atoms with E-state index in [0.717, 1.165) is 0 Å². The van der Waals surface area contributed by atoms with Gasteiger partial charge < -0.3 is 32.5 Å². The molecular weight excluding hydrogens is 410 g/mol. The normalized spacial score (nSPS) is 15.2. The lowest BCUT2D eigenvalue weighted by Crippen LogP contribution is -2.59. The molecule has 0 spiro atoms. The number of carboxylic acids is 1. The Bertz CT molecular complexity index is 588. The van der Waals surface area contributed by atoms with E-state index in [1.165, 1.54) is 0 Å². The Labute approximate surface area is 183 Å². The topological polar surface area (TPSA) is 177 Å². The molecule has 4 atom stereocenters. The molecule has 4 unspecified atom stereocenters. The first-order valence-electron chi connectivity index (χ1n) is 10.2. The Balaban J connectivity index is 5.13. The van der Waals surface area contributed by atoms with Gasteiger partial charge in [0.2, 0.25) is 17.7 Å². The zero-order valence-corrected chi connectivity index (χ0v) is 19.1. The standard InChI is InChI=1S/C19H37N5O5S/c1-10(2)14(21)17(26)23-13(9-30)16(25)24-15(11(3)4)18(27)22-12(19(28)29)7-5-6-8-20/h10-15,30H,5-9,20-21H2,1-4H3,(H,22,27)(H,23,26)(H,24,25)(H,28,29). The van der Waals surface area contributed by atoms with Crippen LogP contribution < -0.4 is 27.4 Å². The number of hydrogen-bond donors (Lipinski definition) is 7. The fourth-order valence-corrected chi connectivity index (χ4v) is 2.82. The Hall–Kier alpha value is -1.85. The van der Waals surface area contributed by atoms with Gasteiger partial charge in [-0.15, -0.1) is 0 Å². The lowest BCUT2D eigenvalue weighted by atomic mass is 10.0. The fraction of sp³-hybridized carbons (Fsp3) is 0.789. The summed E-state index contributed by atoms with van der Waals surface area (Å²) in [5, 5.41) is 16.9. The zero-order chi connectivity index (χ0) is 23.4. The van der Waals surface area contributed by atoms with Gasteiger partial charge >= 0.3 is 5.97 Å². The minimum absolute atomic E-state index is 0.00562. The van der Waals surface area contributed by atoms with Crippen molar-refractivity contribution in [1.29, 1.82) is 0 Å². The Morgan fingerprint density at radius 1 is 0.867 bits per heavy atom. The van der Waals surface area contributed by atoms with Gasteiger partial charge in [0.05, 0.1) is 6.04 Å². The maximum Gasteiger partial charge on any atom is 0.326 e. The molecule has 10 nitrogen and oxygen atoms in total. The summed E-state index contributed by atoms with van der Waals surface area (Å²) in [4.78, 5) is 48.9. The predicted molar refractivity (Wildman–Crippen MR) is 118 cm³/mol. The van der Waals surface area contributed by atoms with Crippen LogP contribution in [0.4, 0.5) is 0 Å². The minimum Gasteiger partial charge on any atom is -0.480 e. The van der Waals surface area contributed by atoms with Crippen LogP contribution in [0.1, 0.15) is 47.0 Å². The van der Waals surface area contributed by atoms with Crippen LogP contribution in [0.25, 0.3) is 0 Å². The second-order valence-corrected chi connectivity index (χ2v) is 8.29. The van der Waals surface area contributed by atoms with Crippen LogP contribution >= 0.6 is 12.6 Å². The number of nitrogens with two attached hydrogens (primary N) is 2. The molecule has 0 saturated heterocycles. The molecule has 8 N–H and O–H groups in total. The van der Waals surface area contributed by atoms with Gasteiger partial charge in [0, 0.05) is 5.75 Å². The molecule has 30 heavy (non-hydrogen) atoms. The Kier molecular flexibility index (Phi) is 13.3. The molecule has 0 heterocycles. The molecule has 0 aromatic rings. The monoisotopic (exact) mass is 447 g/mol. The number of carbonyl (C=O) groups excluding carboxylic acids is 3. The summed E-state index contributed by atoms with van der Waals surface area (Å²) in [7, 11) is 0. The summed E-state index contributed by atoms with van der Waals surface area (Å²) in [6, 6.07) is -3.83. The number of aliphatic carboxylic acids is 1. The Morgan fingerprint density at radius 3 is 1.87 bits per heavy atom. The van der Waals surface area contributed by atoms with Crippen molar-refractivity contribution in [2.24, 2.45) is 23.3 Å². The average Bonchev–Trinajstić information content (AvgIpc) is 2.67. The number of carbonyl (C=O) groups is 4. The van der Waals surface area contributed by atoms with Gasteiger partial charge in [0.25, 0.3) is 0 Å². The van der Waals surface area contributed by atoms with Crippen LogP contribution in [0, 0.1) is 11.8 Å². The van der Waals surface area contributed by atoms with Gasteiger partial charge in [-0.1, -0.05) is 27.7 Å². The number of nitrogens with one attached hydrogen (secondary N) is 3. The highest BCUT2D eigenvalue weighted by atomic mass is 32.1. The largest absolute Gasteiger partial charge is 0.480 e. The van der Waals surface area contributed by atoms with Crippen molar-refractivity contribution in [3.63, 3.8) is 0 Å². The molecule has 0 fully saturated rings. The highest BCUT2D eigenvalue weighted by Crippen LogP contribution is 2.07. The third kappa shape index (κ3) is 9.77. The van der Waals surface area contributed by atoms with Crippen LogP contribution in [0.2, 0.25) is 0 Å². The molecule has 0 aliphatic rings. The maximum atomic E-state index is 12.7. The summed E-state index contributed by atoms with van der Waals surface area (Å²) in [5.74, 6) is -3.28. The molecule has 3 amide bonds. The van der Waals surface area contributed by atoms with Gasteiger partial charge in [-0.25, -0.2) is 4.79 Å². The van der Waals surface area contributed by atoms with Crippen molar-refractivity contribution in [1.82, 2.24) is 16.0 Å². The van der Waals surface area contributed by atoms with Crippen molar-refractivity contribution >= 4 is 36.3 Å². The molecular formula is C19H37N5O5S. The van der Waals surface area contributed by atoms with E-state index < -0.39 is 47.9 Å². The van der Waals surface area contributed by atoms with Crippen molar-refractivity contribution in [2.75, 3.05) is 12.3 Å². The number of rotatable bonds is 14. The summed E-state index contributed by atoms with van der Waals surface area (Å²) in [6.45, 7) is 7.44. The first-order chi connectivity index (χ1) is 14.0. The fourth-order valence-electron chi connectivity index (χ4n) is 2.57. The van der Waals surface area contributed by atoms with Crippen LogP contribution in [0.15, 0.2) is 0 Å². The summed E-state index contributed by atoms with van der Waals surface area (Å²) in [6.07, 6.45) is 1.43. The number of thiol groups is 1. The molecule has 0 rings (SSSR count). The molecule has 0 aliphatic heterocycles. The van der Waals surface area contributed by atoms with Gasteiger partial charge in [-0.2, -0.15) is 12.6 Å². The maximum absolute atomic E-state index is 12.7. The molecule has 0 aromatic heterocycles. The van der Waals surface area contributed by atoms with E-state index in [1.54, 1.807) is 27.7 Å². The predicted octanol–water partition coefficient (Wildman–Crippen LogP) is -0.776. The summed E-state index contributed by atoms with van der Waals surface area (Å²) >= 11 is 4.10. The Morgan fingerprint density at radius 2 is 1.43 bits per heavy atom. The first kappa shape index (κ1) is 28.1. The van der Waals surface area contributed by atoms with E-state index in [2.05, 4.69) is 28.6 Å². The molecule has 11 heteroatoms. The van der Waals surface area contributed by atoms with Crippen LogP contribution in [0.5, 0.6) is 0 Å². The summed E-state index contributed by atoms with van der Waals surface area (Å²) in [5.41, 5.74) is 11.2. The lowest BCUT2D eigenvalue weighted by molar-refractivity contribution is -0.142. The SMILES string of the molecule is CC(C)C(N)C(=O)NC(CS)C(=O)NC(C(=O)NC(CCCCN)C(=O)O)C(C)C. The second kappa shape index (κ2) is 14.2. The van der Waals surface area contributed by atoms with Crippen LogP contribution in [-0.4, -0.2) is 65.3 Å². The lowest BCUT2D eigenvalue weighted by Gasteiger charge is -2.27. The number of hydrogen-bond acceptors (Lipinski definition) is 7. The third-order valence-electron chi connectivity index (χ3n) is 4.64. The highest BCUT2D eigenvalue weighted by Gasteiger charge is 2.31. The minimum atomic E-state index is -1.16. The number of carboxylic acid groups (broad SMARTS) is 1. The van der Waals surface area contributed by atoms with E-state index in [0.29, 0.717) is 19.4 Å². The first-order valence-corrected chi connectivity index (χ1v) is 10.8. The van der Waals surface area contributed by atoms with Gasteiger partial charge in [-0.3, -0.25) is 14.4 Å². The molecule has 174 valence electrons. The van der Waals surface area contributed by atoms with Crippen molar-refractivity contribution in [3.05, 3.63) is 0 Å². The van der Waals surface area contributed by atoms with Gasteiger partial charge in [-0.05, 0) is 37.6 Å². The van der Waals surface area contributed by atoms with Crippen LogP contribution in [0.3, 0.4) is 0 Å². The number of unbranched alkanes of at least 4 members (excludes halogenated alkanes) is 1. The van der Waals surface area contributed by atoms with Gasteiger partial charge in [0.15, 0.2) is 0 Å². The molecule has 0 bridgehead atoms. The van der Waals surface area contributed by atoms with E-state index in [-0.39, 0.29) is 24.0 Å². The highest BCUT2D eigenvalue weighted by molar-refractivity contribution is 7.80. The van der Waals surface area contributed by atoms with Crippen molar-refractivity contribution in [2.45, 2.75) is 71.1 Å². The smallest absolute Gasteiger partial charge is 0.326 e. The molecule has 0 aliphatic carbocycles. The summed E-state index contributed by atoms with van der Waals surface area (Å²) < 4.78 is 0. The van der Waals surface area contributed by atoms with E-state index in [1.807, 2.05) is 0 Å². The number of amides is 3. The zero-order valence-electron chi connectivity index (χ0n) is 18.2. The van der Waals surface area contributed by atoms with Crippen molar-refractivity contribution < 1.29 is 24.3 Å². The third-order valence-corrected chi connectivity index (χ3v) is 5.01. The van der Waals surface area contributed by atoms with Crippen molar-refractivity contribution in [3.8, 4) is 0 Å². The van der Waals surface area contributed by atoms with E-state index in [4.69, 9.17) is 11.5 Å². The quantitative estimate of drug-likeness (QED) is 0.135. The van der Waals surface area contributed by atoms with Gasteiger partial charge in [0.1, 0.15) is 18.1 Å². The molecule has 0 saturated carbocycles. The van der Waals surface area contributed by atoms with Crippen LogP contribution in [-0.2, 0) is 19.2 Å². The second-order valence-electron chi connectivity index (χ2n) is 7.93. The molecule has 0 radical (unpaired) electrons.